The maximum absolute atomic E-state index is 12.7. The number of nitrogens with one attached hydrogen (secondary N) is 2. The number of ether oxygens (including phenoxy) is 1. The Morgan fingerprint density at radius 2 is 1.89 bits per heavy atom. The molecule has 0 spiro atoms. The molecule has 0 aromatic heterocycles. The number of rotatable bonds is 10. The Kier molecular flexibility index (Phi) is 10.6. The van der Waals surface area contributed by atoms with Crippen LogP contribution in [0.2, 0.25) is 0 Å². The minimum Gasteiger partial charge on any atom is -0.497 e. The molecule has 0 fully saturated rings. The Bertz CT molecular complexity index is 740. The lowest BCUT2D eigenvalue weighted by Crippen LogP contribution is -2.40. The maximum atomic E-state index is 12.7. The van der Waals surface area contributed by atoms with E-state index in [1.165, 1.54) is 0 Å². The number of benzene rings is 1. The predicted octanol–water partition coefficient (Wildman–Crippen LogP) is 2.80. The molecule has 0 bridgehead atoms. The highest BCUT2D eigenvalue weighted by Gasteiger charge is 2.23. The molecule has 0 aliphatic carbocycles. The number of hydrogen-bond acceptors (Lipinski definition) is 6. The summed E-state index contributed by atoms with van der Waals surface area (Å²) in [6, 6.07) is 6.91. The summed E-state index contributed by atoms with van der Waals surface area (Å²) in [7, 11) is 0.753. The van der Waals surface area contributed by atoms with E-state index in [0.717, 1.165) is 18.4 Å². The molecule has 0 radical (unpaired) electrons. The van der Waals surface area contributed by atoms with Crippen molar-refractivity contribution in [2.24, 2.45) is 4.36 Å². The Morgan fingerprint density at radius 3 is 2.41 bits per heavy atom. The van der Waals surface area contributed by atoms with Gasteiger partial charge in [0, 0.05) is 7.05 Å². The molecule has 0 aliphatic heterocycles. The highest BCUT2D eigenvalue weighted by molar-refractivity contribution is 7.80. The summed E-state index contributed by atoms with van der Waals surface area (Å²) in [5.41, 5.74) is 0.810. The van der Waals surface area contributed by atoms with Gasteiger partial charge in [-0.1, -0.05) is 31.9 Å². The second-order valence-corrected chi connectivity index (χ2v) is 7.14. The van der Waals surface area contributed by atoms with E-state index in [2.05, 4.69) is 15.0 Å². The lowest BCUT2D eigenvalue weighted by molar-refractivity contribution is -0.121. The van der Waals surface area contributed by atoms with Gasteiger partial charge in [0.2, 0.25) is 5.91 Å². The Labute approximate surface area is 167 Å². The third kappa shape index (κ3) is 8.49. The van der Waals surface area contributed by atoms with Gasteiger partial charge in [0.05, 0.1) is 19.1 Å². The molecule has 2 unspecified atom stereocenters. The van der Waals surface area contributed by atoms with Crippen LogP contribution < -0.4 is 15.4 Å². The number of methoxy groups -OCH3 is 1. The van der Waals surface area contributed by atoms with Gasteiger partial charge in [0.1, 0.15) is 5.75 Å². The highest BCUT2D eigenvalue weighted by Crippen LogP contribution is 2.26. The summed E-state index contributed by atoms with van der Waals surface area (Å²) in [6.45, 7) is 2.04. The fraction of sp³-hybridized carbons (Fsp3) is 0.556. The molecule has 1 aromatic carbocycles. The van der Waals surface area contributed by atoms with Crippen molar-refractivity contribution in [3.8, 4) is 5.75 Å². The number of amides is 1. The normalized spacial score (nSPS) is 12.6. The molecule has 2 N–H and O–H groups in total. The molecule has 0 heterocycles. The Morgan fingerprint density at radius 1 is 1.22 bits per heavy atom. The van der Waals surface area contributed by atoms with Crippen LogP contribution in [0.15, 0.2) is 28.6 Å². The number of hydrogen-bond donors (Lipinski definition) is 2. The zero-order chi connectivity index (χ0) is 20.2. The van der Waals surface area contributed by atoms with Crippen LogP contribution in [0.25, 0.3) is 0 Å². The van der Waals surface area contributed by atoms with Crippen LogP contribution >= 0.6 is 12.2 Å². The van der Waals surface area contributed by atoms with Crippen LogP contribution in [0, 0.1) is 0 Å². The van der Waals surface area contributed by atoms with Crippen LogP contribution in [0.1, 0.15) is 50.5 Å². The summed E-state index contributed by atoms with van der Waals surface area (Å²) in [5.74, 6) is -0.0140. The number of carbonyl (C=O) groups is 1. The number of carbonyl (C=O) groups excluding carboxylic acids is 1. The van der Waals surface area contributed by atoms with E-state index in [4.69, 9.17) is 17.0 Å². The Balaban J connectivity index is 2.99. The van der Waals surface area contributed by atoms with Gasteiger partial charge in [-0.15, -0.1) is 0 Å². The van der Waals surface area contributed by atoms with Crippen LogP contribution in [0.5, 0.6) is 5.75 Å². The molecule has 2 atom stereocenters. The third-order valence-electron chi connectivity index (χ3n) is 4.21. The van der Waals surface area contributed by atoms with Gasteiger partial charge in [-0.05, 0) is 49.2 Å². The van der Waals surface area contributed by atoms with Gasteiger partial charge < -0.3 is 15.4 Å². The molecular formula is C18H27N3O4S2. The lowest BCUT2D eigenvalue weighted by Gasteiger charge is -2.19. The first-order valence-corrected chi connectivity index (χ1v) is 10.3. The van der Waals surface area contributed by atoms with E-state index < -0.39 is 16.4 Å². The van der Waals surface area contributed by atoms with E-state index in [9.17, 15) is 13.2 Å². The predicted molar refractivity (Wildman–Crippen MR) is 109 cm³/mol. The molecule has 9 heteroatoms. The molecule has 7 nitrogen and oxygen atoms in total. The second-order valence-electron chi connectivity index (χ2n) is 6.09. The van der Waals surface area contributed by atoms with Crippen molar-refractivity contribution < 1.29 is 17.9 Å². The van der Waals surface area contributed by atoms with Crippen LogP contribution in [0.4, 0.5) is 0 Å². The molecule has 150 valence electrons. The van der Waals surface area contributed by atoms with Crippen molar-refractivity contribution in [1.82, 2.24) is 10.6 Å². The zero-order valence-electron chi connectivity index (χ0n) is 15.9. The average molecular weight is 414 g/mol. The minimum atomic E-state index is -2.46. The van der Waals surface area contributed by atoms with Crippen molar-refractivity contribution in [2.75, 3.05) is 14.2 Å². The molecule has 0 saturated carbocycles. The second kappa shape index (κ2) is 12.4. The minimum absolute atomic E-state index is 0.239. The molecule has 27 heavy (non-hydrogen) atoms. The largest absolute Gasteiger partial charge is 0.497 e. The van der Waals surface area contributed by atoms with Gasteiger partial charge >= 0.3 is 10.5 Å². The number of nitrogens with zero attached hydrogens (tertiary/aromatic N) is 1. The topological polar surface area (TPSA) is 96.9 Å². The molecule has 0 saturated heterocycles. The monoisotopic (exact) mass is 413 g/mol. The van der Waals surface area contributed by atoms with E-state index in [1.807, 2.05) is 19.1 Å². The summed E-state index contributed by atoms with van der Waals surface area (Å²) in [4.78, 5) is 12.7. The zero-order valence-corrected chi connectivity index (χ0v) is 17.5. The molecule has 1 amide bonds. The first-order valence-electron chi connectivity index (χ1n) is 8.88. The van der Waals surface area contributed by atoms with Gasteiger partial charge in [-0.3, -0.25) is 4.79 Å². The summed E-state index contributed by atoms with van der Waals surface area (Å²) < 4.78 is 30.9. The maximum Gasteiger partial charge on any atom is 0.311 e. The first-order chi connectivity index (χ1) is 12.9. The molecule has 0 aliphatic rings. The lowest BCUT2D eigenvalue weighted by atomic mass is 9.90. The smallest absolute Gasteiger partial charge is 0.311 e. The van der Waals surface area contributed by atoms with Crippen LogP contribution in [0.3, 0.4) is 0 Å². The molecular weight excluding hydrogens is 386 g/mol. The summed E-state index contributed by atoms with van der Waals surface area (Å²) in [6.07, 6.45) is 3.46. The van der Waals surface area contributed by atoms with E-state index in [-0.39, 0.29) is 17.1 Å². The van der Waals surface area contributed by atoms with Gasteiger partial charge in [0.15, 0.2) is 5.11 Å². The summed E-state index contributed by atoms with van der Waals surface area (Å²) >= 11 is 5.03. The van der Waals surface area contributed by atoms with E-state index in [0.29, 0.717) is 25.0 Å². The van der Waals surface area contributed by atoms with Crippen molar-refractivity contribution in [1.29, 1.82) is 0 Å². The van der Waals surface area contributed by atoms with Gasteiger partial charge in [0.25, 0.3) is 0 Å². The molecule has 1 aromatic rings. The summed E-state index contributed by atoms with van der Waals surface area (Å²) in [5, 5.41) is 5.62. The van der Waals surface area contributed by atoms with E-state index >= 15 is 0 Å². The van der Waals surface area contributed by atoms with E-state index in [1.54, 1.807) is 26.3 Å². The van der Waals surface area contributed by atoms with Crippen molar-refractivity contribution in [3.63, 3.8) is 0 Å². The fourth-order valence-electron chi connectivity index (χ4n) is 2.72. The van der Waals surface area contributed by atoms with Crippen LogP contribution in [-0.4, -0.2) is 39.6 Å². The highest BCUT2D eigenvalue weighted by atomic mass is 32.2. The number of thiocarbonyl (C=S) groups is 1. The van der Waals surface area contributed by atoms with Crippen LogP contribution in [-0.2, 0) is 15.3 Å². The fourth-order valence-corrected chi connectivity index (χ4v) is 3.27. The average Bonchev–Trinajstić information content (AvgIpc) is 2.65. The van der Waals surface area contributed by atoms with Crippen molar-refractivity contribution in [2.45, 2.75) is 51.0 Å². The Hall–Kier alpha value is -2.00. The quantitative estimate of drug-likeness (QED) is 0.573. The first kappa shape index (κ1) is 23.0. The SMILES string of the molecule is CCCCC(CCC(C(=O)NC(=S)NC)c1ccc(OC)cc1)N=S(=O)=O. The third-order valence-corrected chi connectivity index (χ3v) is 4.99. The van der Waals surface area contributed by atoms with Crippen molar-refractivity contribution >= 4 is 33.7 Å². The van der Waals surface area contributed by atoms with Crippen molar-refractivity contribution in [3.05, 3.63) is 29.8 Å². The molecule has 1 rings (SSSR count). The number of unbranched alkanes of at least 4 members (excludes halogenated alkanes) is 1. The standard InChI is InChI=1S/C18H27N3O4S2/c1-4-5-6-14(21-27(23)24)9-12-16(17(22)20-18(26)19-2)13-7-10-15(25-3)11-8-13/h7-8,10-11,14,16H,4-6,9,12H2,1-3H3,(H2,19,20,22,26). The van der Waals surface area contributed by atoms with Gasteiger partial charge in [-0.2, -0.15) is 12.8 Å². The van der Waals surface area contributed by atoms with Gasteiger partial charge in [-0.25, -0.2) is 0 Å².